The van der Waals surface area contributed by atoms with Gasteiger partial charge in [-0.25, -0.2) is 9.59 Å². The van der Waals surface area contributed by atoms with Gasteiger partial charge < -0.3 is 18.9 Å². The molecule has 0 spiro atoms. The highest BCUT2D eigenvalue weighted by atomic mass is 16.5. The summed E-state index contributed by atoms with van der Waals surface area (Å²) < 4.78 is 26.9. The lowest BCUT2D eigenvalue weighted by Gasteiger charge is -2.38. The summed E-state index contributed by atoms with van der Waals surface area (Å²) >= 11 is 0. The van der Waals surface area contributed by atoms with Gasteiger partial charge in [-0.15, -0.1) is 0 Å². The Kier molecular flexibility index (Phi) is 13.2. The third-order valence-electron chi connectivity index (χ3n) is 21.0. The molecule has 0 fully saturated rings. The summed E-state index contributed by atoms with van der Waals surface area (Å²) in [5.74, 6) is 1.77. The summed E-state index contributed by atoms with van der Waals surface area (Å²) in [4.78, 5) is 30.1. The van der Waals surface area contributed by atoms with E-state index >= 15 is 9.59 Å². The van der Waals surface area contributed by atoms with Gasteiger partial charge in [0.1, 0.15) is 36.2 Å². The van der Waals surface area contributed by atoms with Crippen LogP contribution in [0.2, 0.25) is 0 Å². The number of rotatable bonds is 12. The van der Waals surface area contributed by atoms with E-state index in [0.29, 0.717) is 22.6 Å². The standard InChI is InChI=1S/C92H56B2O6/c95-91(97-53-55-25-7-1-8-26-55)61-45-73-69-49-67(83-63(57-29-11-3-12-30-57)37-23-38-64(83)58-31-13-4-14-32-58)71-52-78-86-70(74-46-62(92(96)98-54-56-27-9-2-10-28-56)48-82-90(74)94(78)76-42-20-22-44-80(76)100-82)50-68(84-65(59-33-15-5-16-34-59)39-24-40-66(84)60-35-17-6-18-36-60)72-51-77(85(69)87(71)88(72)86)93-75-41-19-21-43-79(75)99-81(47-61)89(73)93/h1-52H,53-54H2. The Morgan fingerprint density at radius 2 is 0.600 bits per heavy atom. The summed E-state index contributed by atoms with van der Waals surface area (Å²) in [7, 11) is 0. The summed E-state index contributed by atoms with van der Waals surface area (Å²) in [5.41, 5.74) is 25.4. The molecule has 16 aromatic rings. The Hall–Kier alpha value is -12.8. The van der Waals surface area contributed by atoms with Crippen LogP contribution in [0.25, 0.3) is 121 Å². The molecule has 0 amide bonds. The third kappa shape index (κ3) is 9.00. The molecule has 0 saturated heterocycles. The van der Waals surface area contributed by atoms with Gasteiger partial charge in [0.2, 0.25) is 0 Å². The normalized spacial score (nSPS) is 12.5. The van der Waals surface area contributed by atoms with Crippen molar-refractivity contribution in [2.75, 3.05) is 0 Å². The number of para-hydroxylation sites is 2. The van der Waals surface area contributed by atoms with Gasteiger partial charge in [0.05, 0.1) is 11.1 Å². The first-order valence-corrected chi connectivity index (χ1v) is 34.1. The predicted octanol–water partition coefficient (Wildman–Crippen LogP) is 18.5. The Labute approximate surface area is 578 Å². The van der Waals surface area contributed by atoms with E-state index in [2.05, 4.69) is 231 Å². The van der Waals surface area contributed by atoms with Gasteiger partial charge in [0.25, 0.3) is 13.4 Å². The van der Waals surface area contributed by atoms with Crippen LogP contribution in [0, 0.1) is 0 Å². The van der Waals surface area contributed by atoms with Crippen molar-refractivity contribution < 1.29 is 28.5 Å². The molecular formula is C92H56B2O6. The molecule has 4 aliphatic heterocycles. The zero-order valence-corrected chi connectivity index (χ0v) is 54.0. The molecule has 0 unspecified atom stereocenters. The molecule has 0 bridgehead atoms. The lowest BCUT2D eigenvalue weighted by atomic mass is 9.31. The fourth-order valence-corrected chi connectivity index (χ4v) is 16.8. The van der Waals surface area contributed by atoms with Crippen molar-refractivity contribution in [3.05, 3.63) is 338 Å². The lowest BCUT2D eigenvalue weighted by molar-refractivity contribution is 0.0464. The van der Waals surface area contributed by atoms with Crippen molar-refractivity contribution in [1.82, 2.24) is 0 Å². The average Bonchev–Trinajstić information content (AvgIpc) is 0.666. The molecule has 0 N–H and O–H groups in total. The van der Waals surface area contributed by atoms with Crippen LogP contribution in [-0.4, -0.2) is 25.4 Å². The average molecular weight is 1280 g/mol. The summed E-state index contributed by atoms with van der Waals surface area (Å²) in [6, 6.07) is 111. The summed E-state index contributed by atoms with van der Waals surface area (Å²) in [6.07, 6.45) is 0. The lowest BCUT2D eigenvalue weighted by Crippen LogP contribution is -2.58. The zero-order chi connectivity index (χ0) is 66.1. The van der Waals surface area contributed by atoms with Crippen LogP contribution >= 0.6 is 0 Å². The molecular weight excluding hydrogens is 1220 g/mol. The van der Waals surface area contributed by atoms with E-state index in [9.17, 15) is 0 Å². The van der Waals surface area contributed by atoms with E-state index in [1.165, 1.54) is 0 Å². The number of carbonyl (C=O) groups excluding carboxylic acids is 2. The largest absolute Gasteiger partial charge is 0.458 e. The SMILES string of the molecule is O=C(OCc1ccccc1)c1cc2c3c(c1)-c1cc(-c4c(-c5ccccc5)cccc4-c4ccccc4)c4cc5c6c(cc(-c7c(-c8ccccc8)cccc7-c7ccccc7)c7cc(c1c4c76)B3c1ccccc1O2)-c1cc(C(=O)OCc2ccccc2)cc2c1B5c1ccccc1O2. The summed E-state index contributed by atoms with van der Waals surface area (Å²) in [5, 5.41) is 6.52. The highest BCUT2D eigenvalue weighted by Gasteiger charge is 2.45. The van der Waals surface area contributed by atoms with Gasteiger partial charge in [-0.05, 0) is 203 Å². The molecule has 8 heteroatoms. The molecule has 0 radical (unpaired) electrons. The predicted molar refractivity (Wildman–Crippen MR) is 407 cm³/mol. The number of ether oxygens (including phenoxy) is 4. The maximum atomic E-state index is 15.0. The number of benzene rings is 16. The molecule has 0 atom stereocenters. The number of fused-ring (bicyclic) bond motifs is 8. The molecule has 16 aromatic carbocycles. The van der Waals surface area contributed by atoms with Crippen LogP contribution in [0.1, 0.15) is 31.8 Å². The Balaban J connectivity index is 0.993. The maximum absolute atomic E-state index is 15.0. The van der Waals surface area contributed by atoms with Crippen molar-refractivity contribution in [1.29, 1.82) is 0 Å². The van der Waals surface area contributed by atoms with E-state index in [-0.39, 0.29) is 26.6 Å². The molecule has 20 rings (SSSR count). The minimum absolute atomic E-state index is 0.106. The number of carbonyl (C=O) groups is 2. The Morgan fingerprint density at radius 3 is 0.960 bits per heavy atom. The van der Waals surface area contributed by atoms with E-state index in [1.54, 1.807) is 0 Å². The maximum Gasteiger partial charge on any atom is 0.338 e. The van der Waals surface area contributed by atoms with Crippen molar-refractivity contribution in [2.45, 2.75) is 13.2 Å². The van der Waals surface area contributed by atoms with Gasteiger partial charge in [0.15, 0.2) is 0 Å². The van der Waals surface area contributed by atoms with Gasteiger partial charge in [0, 0.05) is 0 Å². The molecule has 6 nitrogen and oxygen atoms in total. The van der Waals surface area contributed by atoms with Crippen molar-refractivity contribution in [3.8, 4) is 112 Å². The van der Waals surface area contributed by atoms with Crippen LogP contribution < -0.4 is 42.3 Å². The molecule has 0 saturated carbocycles. The molecule has 100 heavy (non-hydrogen) atoms. The topological polar surface area (TPSA) is 71.1 Å². The second-order valence-electron chi connectivity index (χ2n) is 26.5. The summed E-state index contributed by atoms with van der Waals surface area (Å²) in [6.45, 7) is -0.485. The second kappa shape index (κ2) is 22.9. The minimum Gasteiger partial charge on any atom is -0.458 e. The number of hydrogen-bond donors (Lipinski definition) is 0. The fourth-order valence-electron chi connectivity index (χ4n) is 16.8. The number of esters is 2. The molecule has 0 aromatic heterocycles. The van der Waals surface area contributed by atoms with E-state index in [4.69, 9.17) is 18.9 Å². The first kappa shape index (κ1) is 57.5. The molecule has 4 aliphatic rings. The molecule has 0 aliphatic carbocycles. The fraction of sp³-hybridized carbons (Fsp3) is 0.0217. The van der Waals surface area contributed by atoms with Crippen molar-refractivity contribution in [2.24, 2.45) is 0 Å². The van der Waals surface area contributed by atoms with Crippen molar-refractivity contribution >= 4 is 90.5 Å². The first-order chi connectivity index (χ1) is 49.5. The minimum atomic E-state index is -0.447. The molecule has 4 heterocycles. The van der Waals surface area contributed by atoms with E-state index < -0.39 is 11.9 Å². The van der Waals surface area contributed by atoms with Crippen LogP contribution in [0.15, 0.2) is 315 Å². The van der Waals surface area contributed by atoms with E-state index in [1.807, 2.05) is 84.9 Å². The third-order valence-corrected chi connectivity index (χ3v) is 21.0. The highest BCUT2D eigenvalue weighted by Crippen LogP contribution is 2.55. The Morgan fingerprint density at radius 1 is 0.270 bits per heavy atom. The van der Waals surface area contributed by atoms with E-state index in [0.717, 1.165) is 177 Å². The van der Waals surface area contributed by atoms with Crippen LogP contribution in [-0.2, 0) is 22.7 Å². The van der Waals surface area contributed by atoms with Crippen LogP contribution in [0.5, 0.6) is 23.0 Å². The Bertz CT molecular complexity index is 5570. The molecule has 466 valence electrons. The first-order valence-electron chi connectivity index (χ1n) is 34.1. The van der Waals surface area contributed by atoms with Gasteiger partial charge in [-0.1, -0.05) is 278 Å². The quantitative estimate of drug-likeness (QED) is 0.0690. The van der Waals surface area contributed by atoms with Gasteiger partial charge >= 0.3 is 11.9 Å². The van der Waals surface area contributed by atoms with Crippen LogP contribution in [0.3, 0.4) is 0 Å². The number of hydrogen-bond acceptors (Lipinski definition) is 6. The zero-order valence-electron chi connectivity index (χ0n) is 54.0. The smallest absolute Gasteiger partial charge is 0.338 e. The van der Waals surface area contributed by atoms with Crippen LogP contribution in [0.4, 0.5) is 0 Å². The monoisotopic (exact) mass is 1280 g/mol. The van der Waals surface area contributed by atoms with Crippen molar-refractivity contribution in [3.63, 3.8) is 0 Å². The second-order valence-corrected chi connectivity index (χ2v) is 26.5. The highest BCUT2D eigenvalue weighted by molar-refractivity contribution is 7.01. The van der Waals surface area contributed by atoms with Gasteiger partial charge in [-0.3, -0.25) is 0 Å². The van der Waals surface area contributed by atoms with Gasteiger partial charge in [-0.2, -0.15) is 0 Å².